The summed E-state index contributed by atoms with van der Waals surface area (Å²) in [5.74, 6) is 1.12. The van der Waals surface area contributed by atoms with Gasteiger partial charge >= 0.3 is 0 Å². The lowest BCUT2D eigenvalue weighted by Crippen LogP contribution is -2.56. The summed E-state index contributed by atoms with van der Waals surface area (Å²) in [7, 11) is 4.11. The van der Waals surface area contributed by atoms with Crippen molar-refractivity contribution in [1.29, 1.82) is 0 Å². The molecule has 0 aromatic heterocycles. The summed E-state index contributed by atoms with van der Waals surface area (Å²) in [6.07, 6.45) is 11.2. The summed E-state index contributed by atoms with van der Waals surface area (Å²) in [6.45, 7) is 2.30. The highest BCUT2D eigenvalue weighted by Crippen LogP contribution is 2.37. The summed E-state index contributed by atoms with van der Waals surface area (Å²) in [6, 6.07) is 0. The number of hydrogen-bond acceptors (Lipinski definition) is 3. The van der Waals surface area contributed by atoms with Crippen LogP contribution in [-0.4, -0.2) is 43.5 Å². The molecule has 3 N–H and O–H groups in total. The zero-order valence-electron chi connectivity index (χ0n) is 13.9. The number of nitrogens with one attached hydrogen (secondary N) is 1. The second-order valence-corrected chi connectivity index (χ2v) is 7.23. The van der Waals surface area contributed by atoms with E-state index in [0.29, 0.717) is 5.92 Å². The number of primary amides is 1. The number of likely N-dealkylation sites (N-methyl/N-ethyl adjacent to an activating group) is 1. The molecule has 0 heterocycles. The fourth-order valence-corrected chi connectivity index (χ4v) is 4.52. The van der Waals surface area contributed by atoms with Crippen molar-refractivity contribution >= 4 is 5.91 Å². The molecule has 2 unspecified atom stereocenters. The largest absolute Gasteiger partial charge is 0.368 e. The predicted octanol–water partition coefficient (Wildman–Crippen LogP) is 2.13. The van der Waals surface area contributed by atoms with Crippen molar-refractivity contribution in [3.8, 4) is 0 Å². The highest BCUT2D eigenvalue weighted by molar-refractivity contribution is 5.85. The molecule has 2 fully saturated rings. The Kier molecular flexibility index (Phi) is 6.06. The fourth-order valence-electron chi connectivity index (χ4n) is 4.52. The van der Waals surface area contributed by atoms with Gasteiger partial charge in [0.05, 0.1) is 0 Å². The lowest BCUT2D eigenvalue weighted by atomic mass is 9.83. The molecule has 1 amide bonds. The summed E-state index contributed by atoms with van der Waals surface area (Å²) >= 11 is 0. The minimum atomic E-state index is -0.453. The zero-order chi connectivity index (χ0) is 15.3. The Bertz CT molecular complexity index is 341. The Balaban J connectivity index is 1.79. The van der Waals surface area contributed by atoms with Gasteiger partial charge in [0.1, 0.15) is 5.54 Å². The van der Waals surface area contributed by atoms with Crippen molar-refractivity contribution in [3.05, 3.63) is 0 Å². The first kappa shape index (κ1) is 16.8. The molecule has 2 saturated carbocycles. The van der Waals surface area contributed by atoms with Crippen LogP contribution < -0.4 is 11.1 Å². The van der Waals surface area contributed by atoms with Gasteiger partial charge in [0, 0.05) is 6.54 Å². The molecule has 0 aromatic rings. The SMILES string of the molecule is CNC1(C(N)=O)CCCC1CCN(C)CC1CCCCC1. The number of hydrogen-bond donors (Lipinski definition) is 2. The van der Waals surface area contributed by atoms with E-state index in [4.69, 9.17) is 5.73 Å². The number of nitrogens with two attached hydrogens (primary N) is 1. The van der Waals surface area contributed by atoms with Gasteiger partial charge in [-0.3, -0.25) is 4.79 Å². The van der Waals surface area contributed by atoms with Crippen molar-refractivity contribution in [2.75, 3.05) is 27.2 Å². The van der Waals surface area contributed by atoms with Crippen LogP contribution in [0.15, 0.2) is 0 Å². The Morgan fingerprint density at radius 2 is 1.95 bits per heavy atom. The van der Waals surface area contributed by atoms with Gasteiger partial charge in [0.25, 0.3) is 0 Å². The average molecular weight is 295 g/mol. The van der Waals surface area contributed by atoms with Gasteiger partial charge in [-0.05, 0) is 64.6 Å². The third-order valence-corrected chi connectivity index (χ3v) is 5.86. The van der Waals surface area contributed by atoms with Gasteiger partial charge in [0.2, 0.25) is 5.91 Å². The molecule has 0 spiro atoms. The van der Waals surface area contributed by atoms with Gasteiger partial charge in [-0.1, -0.05) is 25.7 Å². The van der Waals surface area contributed by atoms with E-state index in [2.05, 4.69) is 17.3 Å². The van der Waals surface area contributed by atoms with Gasteiger partial charge in [0.15, 0.2) is 0 Å². The normalized spacial score (nSPS) is 30.9. The third kappa shape index (κ3) is 3.98. The van der Waals surface area contributed by atoms with Gasteiger partial charge < -0.3 is 16.0 Å². The van der Waals surface area contributed by atoms with Crippen LogP contribution in [-0.2, 0) is 4.79 Å². The van der Waals surface area contributed by atoms with E-state index < -0.39 is 5.54 Å². The van der Waals surface area contributed by atoms with Crippen LogP contribution in [0.2, 0.25) is 0 Å². The van der Waals surface area contributed by atoms with E-state index in [1.807, 2.05) is 7.05 Å². The molecule has 2 aliphatic rings. The van der Waals surface area contributed by atoms with E-state index in [1.54, 1.807) is 0 Å². The molecule has 2 atom stereocenters. The number of carbonyl (C=O) groups is 1. The molecule has 0 aliphatic heterocycles. The molecule has 122 valence electrons. The number of amides is 1. The lowest BCUT2D eigenvalue weighted by molar-refractivity contribution is -0.125. The molecule has 0 aromatic carbocycles. The molecular formula is C17H33N3O. The highest BCUT2D eigenvalue weighted by Gasteiger charge is 2.46. The van der Waals surface area contributed by atoms with E-state index in [0.717, 1.165) is 38.1 Å². The van der Waals surface area contributed by atoms with Crippen LogP contribution in [0.25, 0.3) is 0 Å². The van der Waals surface area contributed by atoms with Gasteiger partial charge in [-0.15, -0.1) is 0 Å². The standard InChI is InChI=1S/C17H33N3O/c1-19-17(16(18)21)11-6-9-15(17)10-12-20(2)13-14-7-4-3-5-8-14/h14-15,19H,3-13H2,1-2H3,(H2,18,21). The number of carbonyl (C=O) groups excluding carboxylic acids is 1. The fraction of sp³-hybridized carbons (Fsp3) is 0.941. The minimum absolute atomic E-state index is 0.164. The Labute approximate surface area is 129 Å². The molecule has 21 heavy (non-hydrogen) atoms. The molecule has 4 nitrogen and oxygen atoms in total. The molecule has 2 rings (SSSR count). The summed E-state index contributed by atoms with van der Waals surface area (Å²) in [5, 5.41) is 3.24. The topological polar surface area (TPSA) is 58.4 Å². The molecular weight excluding hydrogens is 262 g/mol. The Hall–Kier alpha value is -0.610. The summed E-state index contributed by atoms with van der Waals surface area (Å²) < 4.78 is 0. The third-order valence-electron chi connectivity index (χ3n) is 5.86. The highest BCUT2D eigenvalue weighted by atomic mass is 16.1. The van der Waals surface area contributed by atoms with Crippen molar-refractivity contribution in [1.82, 2.24) is 10.2 Å². The van der Waals surface area contributed by atoms with Crippen LogP contribution in [0.5, 0.6) is 0 Å². The lowest BCUT2D eigenvalue weighted by Gasteiger charge is -2.34. The van der Waals surface area contributed by atoms with E-state index in [9.17, 15) is 4.79 Å². The van der Waals surface area contributed by atoms with Crippen LogP contribution in [0.4, 0.5) is 0 Å². The van der Waals surface area contributed by atoms with Crippen LogP contribution in [0, 0.1) is 11.8 Å². The molecule has 0 saturated heterocycles. The van der Waals surface area contributed by atoms with Crippen LogP contribution in [0.1, 0.15) is 57.8 Å². The van der Waals surface area contributed by atoms with Crippen molar-refractivity contribution < 1.29 is 4.79 Å². The van der Waals surface area contributed by atoms with Crippen molar-refractivity contribution in [2.45, 2.75) is 63.3 Å². The van der Waals surface area contributed by atoms with Crippen molar-refractivity contribution in [2.24, 2.45) is 17.6 Å². The Morgan fingerprint density at radius 3 is 2.57 bits per heavy atom. The van der Waals surface area contributed by atoms with Crippen LogP contribution >= 0.6 is 0 Å². The maximum absolute atomic E-state index is 11.9. The molecule has 0 bridgehead atoms. The maximum Gasteiger partial charge on any atom is 0.238 e. The molecule has 4 heteroatoms. The maximum atomic E-state index is 11.9. The molecule has 2 aliphatic carbocycles. The monoisotopic (exact) mass is 295 g/mol. The number of rotatable bonds is 7. The zero-order valence-corrected chi connectivity index (χ0v) is 13.9. The first-order chi connectivity index (χ1) is 10.1. The van der Waals surface area contributed by atoms with Gasteiger partial charge in [-0.2, -0.15) is 0 Å². The van der Waals surface area contributed by atoms with E-state index >= 15 is 0 Å². The Morgan fingerprint density at radius 1 is 1.24 bits per heavy atom. The first-order valence-corrected chi connectivity index (χ1v) is 8.76. The first-order valence-electron chi connectivity index (χ1n) is 8.76. The second kappa shape index (κ2) is 7.59. The van der Waals surface area contributed by atoms with Gasteiger partial charge in [-0.25, -0.2) is 0 Å². The summed E-state index contributed by atoms with van der Waals surface area (Å²) in [4.78, 5) is 14.3. The number of nitrogens with zero attached hydrogens (tertiary/aromatic N) is 1. The van der Waals surface area contributed by atoms with E-state index in [1.165, 1.54) is 38.6 Å². The van der Waals surface area contributed by atoms with Crippen molar-refractivity contribution in [3.63, 3.8) is 0 Å². The molecule has 0 radical (unpaired) electrons. The summed E-state index contributed by atoms with van der Waals surface area (Å²) in [5.41, 5.74) is 5.22. The second-order valence-electron chi connectivity index (χ2n) is 7.23. The predicted molar refractivity (Wildman–Crippen MR) is 87.0 cm³/mol. The smallest absolute Gasteiger partial charge is 0.238 e. The quantitative estimate of drug-likeness (QED) is 0.756. The van der Waals surface area contributed by atoms with Crippen LogP contribution in [0.3, 0.4) is 0 Å². The minimum Gasteiger partial charge on any atom is -0.368 e. The van der Waals surface area contributed by atoms with E-state index in [-0.39, 0.29) is 5.91 Å². The average Bonchev–Trinajstić information content (AvgIpc) is 2.90.